The fourth-order valence-electron chi connectivity index (χ4n) is 1.60. The van der Waals surface area contributed by atoms with E-state index in [2.05, 4.69) is 5.32 Å². The molecule has 2 N–H and O–H groups in total. The summed E-state index contributed by atoms with van der Waals surface area (Å²) in [5, 5.41) is 11.5. The third kappa shape index (κ3) is 10.8. The number of ether oxygens (including phenoxy) is 1. The second-order valence-electron chi connectivity index (χ2n) is 6.52. The van der Waals surface area contributed by atoms with Gasteiger partial charge < -0.3 is 15.2 Å². The number of carboxylic acids is 1. The van der Waals surface area contributed by atoms with Crippen molar-refractivity contribution in [1.82, 2.24) is 5.32 Å². The van der Waals surface area contributed by atoms with E-state index in [0.29, 0.717) is 12.3 Å². The Morgan fingerprint density at radius 1 is 1.10 bits per heavy atom. The van der Waals surface area contributed by atoms with E-state index in [9.17, 15) is 14.4 Å². The lowest BCUT2D eigenvalue weighted by molar-refractivity contribution is -0.155. The fraction of sp³-hybridized carbons (Fsp3) is 0.800. The molecule has 0 bridgehead atoms. The van der Waals surface area contributed by atoms with Crippen LogP contribution in [-0.2, 0) is 19.1 Å². The van der Waals surface area contributed by atoms with Gasteiger partial charge in [0, 0.05) is 12.8 Å². The summed E-state index contributed by atoms with van der Waals surface area (Å²) in [4.78, 5) is 34.3. The topological polar surface area (TPSA) is 92.7 Å². The van der Waals surface area contributed by atoms with Crippen LogP contribution in [0.5, 0.6) is 0 Å². The lowest BCUT2D eigenvalue weighted by Gasteiger charge is -2.20. The van der Waals surface area contributed by atoms with Crippen LogP contribution in [0.25, 0.3) is 0 Å². The maximum Gasteiger partial charge on any atom is 0.326 e. The lowest BCUT2D eigenvalue weighted by Crippen LogP contribution is -2.41. The van der Waals surface area contributed by atoms with Crippen LogP contribution < -0.4 is 5.32 Å². The first-order valence-electron chi connectivity index (χ1n) is 7.25. The van der Waals surface area contributed by atoms with Crippen LogP contribution in [0.3, 0.4) is 0 Å². The van der Waals surface area contributed by atoms with Crippen molar-refractivity contribution in [1.29, 1.82) is 0 Å². The molecule has 0 rings (SSSR count). The van der Waals surface area contributed by atoms with Crippen molar-refractivity contribution in [3.05, 3.63) is 0 Å². The molecule has 6 nitrogen and oxygen atoms in total. The SMILES string of the molecule is CC(C)CCC(=O)N[C@H](CCC(=O)OC(C)(C)C)C(=O)O. The van der Waals surface area contributed by atoms with Crippen LogP contribution in [0, 0.1) is 5.92 Å². The summed E-state index contributed by atoms with van der Waals surface area (Å²) in [6.07, 6.45) is 0.967. The molecule has 0 radical (unpaired) electrons. The van der Waals surface area contributed by atoms with Gasteiger partial charge in [0.2, 0.25) is 5.91 Å². The summed E-state index contributed by atoms with van der Waals surface area (Å²) in [7, 11) is 0. The molecule has 0 heterocycles. The molecule has 1 atom stereocenters. The molecule has 0 spiro atoms. The van der Waals surface area contributed by atoms with Gasteiger partial charge in [-0.15, -0.1) is 0 Å². The minimum Gasteiger partial charge on any atom is -0.480 e. The van der Waals surface area contributed by atoms with Crippen molar-refractivity contribution < 1.29 is 24.2 Å². The van der Waals surface area contributed by atoms with Crippen molar-refractivity contribution in [3.63, 3.8) is 0 Å². The van der Waals surface area contributed by atoms with Crippen LogP contribution in [0.1, 0.15) is 60.3 Å². The quantitative estimate of drug-likeness (QED) is 0.670. The number of aliphatic carboxylic acids is 1. The van der Waals surface area contributed by atoms with Crippen molar-refractivity contribution in [2.45, 2.75) is 71.9 Å². The number of carbonyl (C=O) groups excluding carboxylic acids is 2. The Labute approximate surface area is 126 Å². The van der Waals surface area contributed by atoms with Gasteiger partial charge in [-0.25, -0.2) is 4.79 Å². The molecule has 0 aliphatic heterocycles. The maximum absolute atomic E-state index is 11.6. The van der Waals surface area contributed by atoms with Gasteiger partial charge in [0.1, 0.15) is 11.6 Å². The highest BCUT2D eigenvalue weighted by molar-refractivity contribution is 5.84. The maximum atomic E-state index is 11.6. The first kappa shape index (κ1) is 19.4. The standard InChI is InChI=1S/C15H27NO5/c1-10(2)6-8-12(17)16-11(14(19)20)7-9-13(18)21-15(3,4)5/h10-11H,6-9H2,1-5H3,(H,16,17)(H,19,20)/t11-/m1/s1. The summed E-state index contributed by atoms with van der Waals surface area (Å²) in [5.74, 6) is -1.54. The highest BCUT2D eigenvalue weighted by atomic mass is 16.6. The highest BCUT2D eigenvalue weighted by Gasteiger charge is 2.23. The molecule has 0 aromatic heterocycles. The first-order valence-corrected chi connectivity index (χ1v) is 7.25. The first-order chi connectivity index (χ1) is 9.51. The molecule has 0 unspecified atom stereocenters. The summed E-state index contributed by atoms with van der Waals surface area (Å²) < 4.78 is 5.11. The van der Waals surface area contributed by atoms with Gasteiger partial charge in [0.25, 0.3) is 0 Å². The smallest absolute Gasteiger partial charge is 0.326 e. The van der Waals surface area contributed by atoms with Crippen molar-refractivity contribution in [2.24, 2.45) is 5.92 Å². The van der Waals surface area contributed by atoms with Crippen molar-refractivity contribution in [3.8, 4) is 0 Å². The molecule has 0 saturated heterocycles. The van der Waals surface area contributed by atoms with E-state index in [4.69, 9.17) is 9.84 Å². The van der Waals surface area contributed by atoms with Gasteiger partial charge in [-0.2, -0.15) is 0 Å². The van der Waals surface area contributed by atoms with E-state index in [1.807, 2.05) is 13.8 Å². The zero-order chi connectivity index (χ0) is 16.6. The molecule has 0 aliphatic carbocycles. The Kier molecular flexibility index (Phi) is 7.99. The molecule has 0 aromatic rings. The van der Waals surface area contributed by atoms with Crippen molar-refractivity contribution >= 4 is 17.8 Å². The number of carboxylic acid groups (broad SMARTS) is 1. The number of esters is 1. The van der Waals surface area contributed by atoms with Gasteiger partial charge >= 0.3 is 11.9 Å². The van der Waals surface area contributed by atoms with Crippen LogP contribution in [-0.4, -0.2) is 34.6 Å². The molecule has 0 aliphatic rings. The minimum atomic E-state index is -1.14. The third-order valence-electron chi connectivity index (χ3n) is 2.64. The molecular weight excluding hydrogens is 274 g/mol. The van der Waals surface area contributed by atoms with Crippen LogP contribution >= 0.6 is 0 Å². The van der Waals surface area contributed by atoms with E-state index >= 15 is 0 Å². The minimum absolute atomic E-state index is 0.0255. The van der Waals surface area contributed by atoms with Crippen LogP contribution in [0.4, 0.5) is 0 Å². The average molecular weight is 301 g/mol. The largest absolute Gasteiger partial charge is 0.480 e. The van der Waals surface area contributed by atoms with Gasteiger partial charge in [0.05, 0.1) is 0 Å². The predicted octanol–water partition coefficient (Wildman–Crippen LogP) is 2.11. The van der Waals surface area contributed by atoms with E-state index in [0.717, 1.165) is 0 Å². The lowest BCUT2D eigenvalue weighted by atomic mass is 10.1. The van der Waals surface area contributed by atoms with E-state index in [1.54, 1.807) is 20.8 Å². The molecule has 122 valence electrons. The Morgan fingerprint density at radius 2 is 1.67 bits per heavy atom. The predicted molar refractivity (Wildman–Crippen MR) is 78.7 cm³/mol. The van der Waals surface area contributed by atoms with Gasteiger partial charge in [-0.3, -0.25) is 9.59 Å². The average Bonchev–Trinajstić information content (AvgIpc) is 2.29. The van der Waals surface area contributed by atoms with E-state index < -0.39 is 23.6 Å². The Balaban J connectivity index is 4.29. The number of amides is 1. The monoisotopic (exact) mass is 301 g/mol. The van der Waals surface area contributed by atoms with E-state index in [1.165, 1.54) is 0 Å². The van der Waals surface area contributed by atoms with Gasteiger partial charge in [0.15, 0.2) is 0 Å². The molecule has 1 amide bonds. The normalized spacial score (nSPS) is 12.9. The van der Waals surface area contributed by atoms with Crippen LogP contribution in [0.2, 0.25) is 0 Å². The molecule has 0 fully saturated rings. The Bertz CT molecular complexity index is 371. The molecule has 21 heavy (non-hydrogen) atoms. The van der Waals surface area contributed by atoms with Crippen LogP contribution in [0.15, 0.2) is 0 Å². The highest BCUT2D eigenvalue weighted by Crippen LogP contribution is 2.10. The summed E-state index contributed by atoms with van der Waals surface area (Å²) in [6, 6.07) is -1.06. The number of hydrogen-bond donors (Lipinski definition) is 2. The number of rotatable bonds is 8. The number of nitrogens with one attached hydrogen (secondary N) is 1. The molecule has 6 heteroatoms. The number of hydrogen-bond acceptors (Lipinski definition) is 4. The second-order valence-corrected chi connectivity index (χ2v) is 6.52. The van der Waals surface area contributed by atoms with Crippen molar-refractivity contribution in [2.75, 3.05) is 0 Å². The van der Waals surface area contributed by atoms with E-state index in [-0.39, 0.29) is 25.2 Å². The molecular formula is C15H27NO5. The fourth-order valence-corrected chi connectivity index (χ4v) is 1.60. The Hall–Kier alpha value is -1.59. The number of carbonyl (C=O) groups is 3. The molecule has 0 saturated carbocycles. The zero-order valence-electron chi connectivity index (χ0n) is 13.6. The van der Waals surface area contributed by atoms with Gasteiger partial charge in [-0.1, -0.05) is 13.8 Å². The zero-order valence-corrected chi connectivity index (χ0v) is 13.6. The summed E-state index contributed by atoms with van der Waals surface area (Å²) >= 11 is 0. The summed E-state index contributed by atoms with van der Waals surface area (Å²) in [5.41, 5.74) is -0.601. The molecule has 0 aromatic carbocycles. The second kappa shape index (κ2) is 8.64. The van der Waals surface area contributed by atoms with Gasteiger partial charge in [-0.05, 0) is 39.5 Å². The summed E-state index contributed by atoms with van der Waals surface area (Å²) in [6.45, 7) is 9.21. The third-order valence-corrected chi connectivity index (χ3v) is 2.64. The Morgan fingerprint density at radius 3 is 2.10 bits per heavy atom.